The van der Waals surface area contributed by atoms with Crippen molar-refractivity contribution in [3.8, 4) is 5.88 Å². The number of hydrogen-bond donors (Lipinski definition) is 0. The molecule has 0 atom stereocenters. The van der Waals surface area contributed by atoms with Gasteiger partial charge in [0.1, 0.15) is 11.9 Å². The van der Waals surface area contributed by atoms with Gasteiger partial charge < -0.3 is 9.64 Å². The number of aromatic nitrogens is 1. The highest BCUT2D eigenvalue weighted by molar-refractivity contribution is 5.94. The predicted molar refractivity (Wildman–Crippen MR) is 71.0 cm³/mol. The van der Waals surface area contributed by atoms with Crippen LogP contribution in [0.25, 0.3) is 0 Å². The summed E-state index contributed by atoms with van der Waals surface area (Å²) >= 11 is 0. The van der Waals surface area contributed by atoms with Crippen LogP contribution in [0.5, 0.6) is 5.88 Å². The summed E-state index contributed by atoms with van der Waals surface area (Å²) in [6, 6.07) is 11.0. The Bertz CT molecular complexity index is 595. The highest BCUT2D eigenvalue weighted by Gasteiger charge is 2.32. The highest BCUT2D eigenvalue weighted by Crippen LogP contribution is 2.18. The summed E-state index contributed by atoms with van der Waals surface area (Å²) in [5.41, 5.74) is 0.489. The summed E-state index contributed by atoms with van der Waals surface area (Å²) in [6.45, 7) is 1.04. The van der Waals surface area contributed by atoms with E-state index in [-0.39, 0.29) is 17.8 Å². The molecule has 2 heterocycles. The molecule has 4 nitrogen and oxygen atoms in total. The SMILES string of the molecule is O=C(c1ccc(F)cc1)N1CC(Oc2ccccn2)C1. The Morgan fingerprint density at radius 1 is 1.20 bits per heavy atom. The van der Waals surface area contributed by atoms with Crippen molar-refractivity contribution in [3.05, 3.63) is 60.0 Å². The maximum atomic E-state index is 12.8. The lowest BCUT2D eigenvalue weighted by molar-refractivity contribution is 0.0160. The Morgan fingerprint density at radius 3 is 2.60 bits per heavy atom. The van der Waals surface area contributed by atoms with Crippen LogP contribution in [0.4, 0.5) is 4.39 Å². The molecule has 0 unspecified atom stereocenters. The van der Waals surface area contributed by atoms with E-state index in [0.29, 0.717) is 24.5 Å². The summed E-state index contributed by atoms with van der Waals surface area (Å²) in [4.78, 5) is 17.8. The van der Waals surface area contributed by atoms with Crippen LogP contribution in [0.3, 0.4) is 0 Å². The number of carbonyl (C=O) groups excluding carboxylic acids is 1. The fourth-order valence-corrected chi connectivity index (χ4v) is 2.04. The third-order valence-corrected chi connectivity index (χ3v) is 3.15. The van der Waals surface area contributed by atoms with Gasteiger partial charge in [-0.3, -0.25) is 4.79 Å². The number of benzene rings is 1. The molecule has 102 valence electrons. The first-order chi connectivity index (χ1) is 9.72. The van der Waals surface area contributed by atoms with Crippen LogP contribution in [0.2, 0.25) is 0 Å². The van der Waals surface area contributed by atoms with E-state index in [9.17, 15) is 9.18 Å². The molecular formula is C15H13FN2O2. The van der Waals surface area contributed by atoms with E-state index < -0.39 is 0 Å². The topological polar surface area (TPSA) is 42.4 Å². The molecule has 1 aliphatic heterocycles. The molecule has 0 N–H and O–H groups in total. The number of carbonyl (C=O) groups is 1. The molecule has 2 aromatic rings. The van der Waals surface area contributed by atoms with Crippen LogP contribution in [0.15, 0.2) is 48.7 Å². The Kier molecular flexibility index (Phi) is 3.33. The zero-order valence-corrected chi connectivity index (χ0v) is 10.7. The van der Waals surface area contributed by atoms with Crippen molar-refractivity contribution in [2.75, 3.05) is 13.1 Å². The number of halogens is 1. The maximum absolute atomic E-state index is 12.8. The average molecular weight is 272 g/mol. The van der Waals surface area contributed by atoms with Crippen LogP contribution in [0.1, 0.15) is 10.4 Å². The van der Waals surface area contributed by atoms with Crippen molar-refractivity contribution in [3.63, 3.8) is 0 Å². The number of hydrogen-bond acceptors (Lipinski definition) is 3. The van der Waals surface area contributed by atoms with Gasteiger partial charge in [-0.1, -0.05) is 6.07 Å². The lowest BCUT2D eigenvalue weighted by Gasteiger charge is -2.38. The second-order valence-corrected chi connectivity index (χ2v) is 4.62. The predicted octanol–water partition coefficient (Wildman–Crippen LogP) is 2.12. The lowest BCUT2D eigenvalue weighted by atomic mass is 10.1. The minimum absolute atomic E-state index is 0.0331. The normalized spacial score (nSPS) is 14.8. The molecule has 1 aromatic heterocycles. The Balaban J connectivity index is 1.55. The van der Waals surface area contributed by atoms with E-state index in [2.05, 4.69) is 4.98 Å². The van der Waals surface area contributed by atoms with Crippen LogP contribution in [0, 0.1) is 5.82 Å². The van der Waals surface area contributed by atoms with Crippen molar-refractivity contribution in [1.29, 1.82) is 0 Å². The van der Waals surface area contributed by atoms with E-state index in [1.165, 1.54) is 24.3 Å². The van der Waals surface area contributed by atoms with Gasteiger partial charge >= 0.3 is 0 Å². The first kappa shape index (κ1) is 12.6. The number of rotatable bonds is 3. The lowest BCUT2D eigenvalue weighted by Crippen LogP contribution is -2.56. The van der Waals surface area contributed by atoms with Gasteiger partial charge in [0.25, 0.3) is 5.91 Å². The van der Waals surface area contributed by atoms with Gasteiger partial charge in [0.2, 0.25) is 5.88 Å². The molecular weight excluding hydrogens is 259 g/mol. The Labute approximate surface area is 115 Å². The molecule has 0 bridgehead atoms. The zero-order valence-electron chi connectivity index (χ0n) is 10.7. The highest BCUT2D eigenvalue weighted by atomic mass is 19.1. The monoisotopic (exact) mass is 272 g/mol. The van der Waals surface area contributed by atoms with E-state index in [4.69, 9.17) is 4.74 Å². The third kappa shape index (κ3) is 2.61. The van der Waals surface area contributed by atoms with E-state index in [1.807, 2.05) is 12.1 Å². The minimum Gasteiger partial charge on any atom is -0.471 e. The zero-order chi connectivity index (χ0) is 13.9. The summed E-state index contributed by atoms with van der Waals surface area (Å²) in [5.74, 6) is 0.110. The molecule has 1 aromatic carbocycles. The molecule has 0 radical (unpaired) electrons. The van der Waals surface area contributed by atoms with Gasteiger partial charge in [0, 0.05) is 17.8 Å². The molecule has 5 heteroatoms. The fourth-order valence-electron chi connectivity index (χ4n) is 2.04. The Morgan fingerprint density at radius 2 is 1.95 bits per heavy atom. The van der Waals surface area contributed by atoms with Crippen molar-refractivity contribution < 1.29 is 13.9 Å². The molecule has 20 heavy (non-hydrogen) atoms. The van der Waals surface area contributed by atoms with Gasteiger partial charge in [0.15, 0.2) is 0 Å². The van der Waals surface area contributed by atoms with Crippen LogP contribution in [-0.2, 0) is 0 Å². The Hall–Kier alpha value is -2.43. The van der Waals surface area contributed by atoms with Gasteiger partial charge in [0.05, 0.1) is 13.1 Å². The molecule has 1 amide bonds. The quantitative estimate of drug-likeness (QED) is 0.859. The second-order valence-electron chi connectivity index (χ2n) is 4.62. The number of amides is 1. The van der Waals surface area contributed by atoms with Crippen molar-refractivity contribution in [2.45, 2.75) is 6.10 Å². The first-order valence-electron chi connectivity index (χ1n) is 6.35. The molecule has 1 fully saturated rings. The number of nitrogens with zero attached hydrogens (tertiary/aromatic N) is 2. The minimum atomic E-state index is -0.346. The summed E-state index contributed by atoms with van der Waals surface area (Å²) < 4.78 is 18.4. The van der Waals surface area contributed by atoms with Gasteiger partial charge in [-0.2, -0.15) is 0 Å². The van der Waals surface area contributed by atoms with Gasteiger partial charge in [-0.15, -0.1) is 0 Å². The molecule has 0 saturated carbocycles. The largest absolute Gasteiger partial charge is 0.471 e. The smallest absolute Gasteiger partial charge is 0.254 e. The van der Waals surface area contributed by atoms with Gasteiger partial charge in [-0.05, 0) is 30.3 Å². The number of pyridine rings is 1. The summed E-state index contributed by atoms with van der Waals surface area (Å²) in [7, 11) is 0. The maximum Gasteiger partial charge on any atom is 0.254 e. The van der Waals surface area contributed by atoms with Crippen molar-refractivity contribution in [2.24, 2.45) is 0 Å². The average Bonchev–Trinajstić information content (AvgIpc) is 2.44. The number of likely N-dealkylation sites (tertiary alicyclic amines) is 1. The standard InChI is InChI=1S/C15H13FN2O2/c16-12-6-4-11(5-7-12)15(19)18-9-13(10-18)20-14-3-1-2-8-17-14/h1-8,13H,9-10H2. The van der Waals surface area contributed by atoms with E-state index in [0.717, 1.165) is 0 Å². The van der Waals surface area contributed by atoms with Crippen LogP contribution < -0.4 is 4.74 Å². The summed E-state index contributed by atoms with van der Waals surface area (Å²) in [6.07, 6.45) is 1.63. The van der Waals surface area contributed by atoms with Crippen LogP contribution >= 0.6 is 0 Å². The fraction of sp³-hybridized carbons (Fsp3) is 0.200. The molecule has 0 aliphatic carbocycles. The third-order valence-electron chi connectivity index (χ3n) is 3.15. The molecule has 3 rings (SSSR count). The van der Waals surface area contributed by atoms with Crippen molar-refractivity contribution in [1.82, 2.24) is 9.88 Å². The number of ether oxygens (including phenoxy) is 1. The second kappa shape index (κ2) is 5.28. The van der Waals surface area contributed by atoms with E-state index >= 15 is 0 Å². The van der Waals surface area contributed by atoms with Gasteiger partial charge in [-0.25, -0.2) is 9.37 Å². The molecule has 0 spiro atoms. The molecule has 1 saturated heterocycles. The first-order valence-corrected chi connectivity index (χ1v) is 6.35. The van der Waals surface area contributed by atoms with Crippen LogP contribution in [-0.4, -0.2) is 35.0 Å². The summed E-state index contributed by atoms with van der Waals surface area (Å²) in [5, 5.41) is 0. The van der Waals surface area contributed by atoms with Crippen molar-refractivity contribution >= 4 is 5.91 Å². The van der Waals surface area contributed by atoms with E-state index in [1.54, 1.807) is 17.2 Å². The molecule has 1 aliphatic rings.